The Labute approximate surface area is 325 Å². The molecular weight excluding hydrogens is 669 g/mol. The fourth-order valence-corrected chi connectivity index (χ4v) is 6.82. The first kappa shape index (κ1) is 42.5. The van der Waals surface area contributed by atoms with Gasteiger partial charge in [-0.2, -0.15) is 0 Å². The van der Waals surface area contributed by atoms with Gasteiger partial charge in [-0.25, -0.2) is 0 Å². The first-order chi connectivity index (χ1) is 25.5. The Bertz CT molecular complexity index is 1590. The van der Waals surface area contributed by atoms with Crippen LogP contribution in [0.15, 0.2) is 109 Å². The van der Waals surface area contributed by atoms with Crippen LogP contribution in [0.2, 0.25) is 0 Å². The van der Waals surface area contributed by atoms with Gasteiger partial charge in [0.05, 0.1) is 12.8 Å². The van der Waals surface area contributed by atoms with Crippen LogP contribution < -0.4 is 0 Å². The van der Waals surface area contributed by atoms with Crippen LogP contribution in [0.25, 0.3) is 0 Å². The van der Waals surface area contributed by atoms with Crippen molar-refractivity contribution in [3.63, 3.8) is 0 Å². The lowest BCUT2D eigenvalue weighted by Crippen LogP contribution is -2.36. The molecule has 54 heavy (non-hydrogen) atoms. The molecule has 0 spiro atoms. The van der Waals surface area contributed by atoms with Gasteiger partial charge in [-0.1, -0.05) is 151 Å². The van der Waals surface area contributed by atoms with Crippen molar-refractivity contribution in [2.75, 3.05) is 28.2 Å². The smallest absolute Gasteiger partial charge is 0.307 e. The van der Waals surface area contributed by atoms with Gasteiger partial charge in [-0.05, 0) is 97.1 Å². The molecule has 4 aromatic carbocycles. The predicted octanol–water partition coefficient (Wildman–Crippen LogP) is 10.1. The van der Waals surface area contributed by atoms with Crippen LogP contribution in [0.5, 0.6) is 0 Å². The molecule has 0 aromatic heterocycles. The van der Waals surface area contributed by atoms with Crippen molar-refractivity contribution in [1.82, 2.24) is 9.80 Å². The van der Waals surface area contributed by atoms with Crippen molar-refractivity contribution in [2.24, 2.45) is 0 Å². The van der Waals surface area contributed by atoms with Crippen LogP contribution in [-0.4, -0.2) is 62.4 Å². The Balaban J connectivity index is 1.38. The average molecular weight is 733 g/mol. The maximum Gasteiger partial charge on any atom is 0.307 e. The number of benzene rings is 4. The fourth-order valence-electron chi connectivity index (χ4n) is 6.82. The minimum atomic E-state index is -0.453. The van der Waals surface area contributed by atoms with Crippen LogP contribution in [-0.2, 0) is 42.7 Å². The van der Waals surface area contributed by atoms with Gasteiger partial charge < -0.3 is 9.47 Å². The van der Waals surface area contributed by atoms with Gasteiger partial charge in [0, 0.05) is 12.8 Å². The van der Waals surface area contributed by atoms with E-state index in [1.807, 2.05) is 50.1 Å². The Kier molecular flexibility index (Phi) is 15.2. The average Bonchev–Trinajstić information content (AvgIpc) is 3.13. The van der Waals surface area contributed by atoms with E-state index in [-0.39, 0.29) is 35.5 Å². The van der Waals surface area contributed by atoms with E-state index < -0.39 is 24.4 Å². The second-order valence-corrected chi connectivity index (χ2v) is 17.3. The molecule has 0 radical (unpaired) electrons. The highest BCUT2D eigenvalue weighted by molar-refractivity contribution is 5.77. The molecule has 0 aliphatic heterocycles. The molecule has 0 saturated heterocycles. The molecule has 0 saturated carbocycles. The lowest BCUT2D eigenvalue weighted by molar-refractivity contribution is -0.165. The van der Waals surface area contributed by atoms with Gasteiger partial charge in [-0.3, -0.25) is 19.4 Å². The van der Waals surface area contributed by atoms with E-state index in [9.17, 15) is 9.59 Å². The summed E-state index contributed by atoms with van der Waals surface area (Å²) in [7, 11) is 7.71. The zero-order valence-electron chi connectivity index (χ0n) is 34.5. The number of hydrogen-bond acceptors (Lipinski definition) is 6. The van der Waals surface area contributed by atoms with Gasteiger partial charge in [0.25, 0.3) is 0 Å². The summed E-state index contributed by atoms with van der Waals surface area (Å²) in [6, 6.07) is 38.6. The first-order valence-electron chi connectivity index (χ1n) is 19.5. The minimum absolute atomic E-state index is 0.0458. The third-order valence-corrected chi connectivity index (χ3v) is 10.3. The Morgan fingerprint density at radius 1 is 0.500 bits per heavy atom. The molecule has 4 unspecified atom stereocenters. The highest BCUT2D eigenvalue weighted by Crippen LogP contribution is 2.31. The molecular formula is C48H64N2O4. The van der Waals surface area contributed by atoms with Crippen molar-refractivity contribution < 1.29 is 19.1 Å². The molecule has 4 aromatic rings. The van der Waals surface area contributed by atoms with Gasteiger partial charge >= 0.3 is 11.9 Å². The van der Waals surface area contributed by atoms with E-state index in [0.29, 0.717) is 12.8 Å². The number of carbonyl (C=O) groups excluding carboxylic acids is 2. The number of esters is 2. The number of carbonyl (C=O) groups is 2. The van der Waals surface area contributed by atoms with Crippen LogP contribution in [0, 0.1) is 0 Å². The maximum atomic E-state index is 13.3. The van der Waals surface area contributed by atoms with Crippen LogP contribution in [0.4, 0.5) is 0 Å². The standard InChI is InChI=1S/C48H64N2O4/c1-47(2,3)41-25-21-35(22-26-41)31-39(37-17-13-11-14-18-37)33-43(49(7)8)53-45(51)29-30-46(52)54-44(50(9)10)34-40(38-19-15-12-16-20-38)32-36-23-27-42(28-24-36)48(4,5)6/h11-28,39-40,43-44H,29-34H2,1-10H3. The summed E-state index contributed by atoms with van der Waals surface area (Å²) in [5.74, 6) is -0.554. The van der Waals surface area contributed by atoms with E-state index in [2.05, 4.69) is 139 Å². The molecule has 0 amide bonds. The third-order valence-electron chi connectivity index (χ3n) is 10.3. The molecule has 0 aliphatic rings. The van der Waals surface area contributed by atoms with Crippen LogP contribution >= 0.6 is 0 Å². The lowest BCUT2D eigenvalue weighted by Gasteiger charge is -2.30. The molecule has 290 valence electrons. The monoisotopic (exact) mass is 732 g/mol. The zero-order valence-corrected chi connectivity index (χ0v) is 34.5. The lowest BCUT2D eigenvalue weighted by atomic mass is 9.84. The zero-order chi connectivity index (χ0) is 39.5. The quantitative estimate of drug-likeness (QED) is 0.0796. The molecule has 0 fully saturated rings. The summed E-state index contributed by atoms with van der Waals surface area (Å²) in [6.07, 6.45) is 1.89. The summed E-state index contributed by atoms with van der Waals surface area (Å²) in [6.45, 7) is 13.3. The number of nitrogens with zero attached hydrogens (tertiary/aromatic N) is 2. The highest BCUT2D eigenvalue weighted by atomic mass is 16.6. The van der Waals surface area contributed by atoms with Crippen molar-refractivity contribution in [1.29, 1.82) is 0 Å². The van der Waals surface area contributed by atoms with Crippen molar-refractivity contribution in [3.05, 3.63) is 143 Å². The van der Waals surface area contributed by atoms with E-state index in [1.165, 1.54) is 33.4 Å². The summed E-state index contributed by atoms with van der Waals surface area (Å²) < 4.78 is 12.1. The van der Waals surface area contributed by atoms with Crippen LogP contribution in [0.3, 0.4) is 0 Å². The fraction of sp³-hybridized carbons (Fsp3) is 0.458. The van der Waals surface area contributed by atoms with E-state index >= 15 is 0 Å². The molecule has 0 bridgehead atoms. The highest BCUT2D eigenvalue weighted by Gasteiger charge is 2.27. The first-order valence-corrected chi connectivity index (χ1v) is 19.5. The second kappa shape index (κ2) is 19.4. The minimum Gasteiger partial charge on any atom is -0.446 e. The summed E-state index contributed by atoms with van der Waals surface area (Å²) in [5, 5.41) is 0. The SMILES string of the molecule is CN(C)C(CC(Cc1ccc(C(C)(C)C)cc1)c1ccccc1)OC(=O)CCC(=O)OC(CC(Cc1ccc(C(C)(C)C)cc1)c1ccccc1)N(C)C. The molecule has 6 heteroatoms. The van der Waals surface area contributed by atoms with Gasteiger partial charge in [0.15, 0.2) is 12.5 Å². The number of ether oxygens (including phenoxy) is 2. The molecule has 4 rings (SSSR count). The number of hydrogen-bond donors (Lipinski definition) is 0. The largest absolute Gasteiger partial charge is 0.446 e. The number of rotatable bonds is 17. The van der Waals surface area contributed by atoms with E-state index in [0.717, 1.165) is 12.8 Å². The van der Waals surface area contributed by atoms with E-state index in [1.54, 1.807) is 0 Å². The molecule has 0 heterocycles. The summed E-state index contributed by atoms with van der Waals surface area (Å²) >= 11 is 0. The van der Waals surface area contributed by atoms with Crippen molar-refractivity contribution >= 4 is 11.9 Å². The maximum absolute atomic E-state index is 13.3. The van der Waals surface area contributed by atoms with Crippen LogP contribution in [0.1, 0.15) is 112 Å². The normalized spacial score (nSPS) is 14.4. The topological polar surface area (TPSA) is 59.1 Å². The molecule has 0 N–H and O–H groups in total. The predicted molar refractivity (Wildman–Crippen MR) is 222 cm³/mol. The molecule has 6 nitrogen and oxygen atoms in total. The van der Waals surface area contributed by atoms with Gasteiger partial charge in [0.1, 0.15) is 0 Å². The van der Waals surface area contributed by atoms with Gasteiger partial charge in [0.2, 0.25) is 0 Å². The third kappa shape index (κ3) is 13.2. The van der Waals surface area contributed by atoms with Crippen molar-refractivity contribution in [2.45, 2.75) is 115 Å². The molecule has 4 atom stereocenters. The summed E-state index contributed by atoms with van der Waals surface area (Å²) in [4.78, 5) is 30.4. The Morgan fingerprint density at radius 2 is 0.815 bits per heavy atom. The Hall–Kier alpha value is -4.26. The summed E-state index contributed by atoms with van der Waals surface area (Å²) in [5.41, 5.74) is 7.67. The Morgan fingerprint density at radius 3 is 1.09 bits per heavy atom. The van der Waals surface area contributed by atoms with Gasteiger partial charge in [-0.15, -0.1) is 0 Å². The van der Waals surface area contributed by atoms with E-state index in [4.69, 9.17) is 9.47 Å². The second-order valence-electron chi connectivity index (χ2n) is 17.3. The molecule has 0 aliphatic carbocycles. The van der Waals surface area contributed by atoms with Crippen molar-refractivity contribution in [3.8, 4) is 0 Å².